The van der Waals surface area contributed by atoms with E-state index >= 15 is 0 Å². The molecular weight excluding hydrogens is 376 g/mol. The minimum atomic E-state index is -0.0290. The first-order valence-electron chi connectivity index (χ1n) is 9.21. The Morgan fingerprint density at radius 1 is 1.18 bits per heavy atom. The predicted octanol–water partition coefficient (Wildman–Crippen LogP) is 2.52. The van der Waals surface area contributed by atoms with E-state index in [2.05, 4.69) is 18.9 Å². The van der Waals surface area contributed by atoms with Gasteiger partial charge >= 0.3 is 0 Å². The highest BCUT2D eigenvalue weighted by Gasteiger charge is 2.28. The third-order valence-electron chi connectivity index (χ3n) is 5.08. The second kappa shape index (κ2) is 7.16. The summed E-state index contributed by atoms with van der Waals surface area (Å²) in [6.07, 6.45) is 3.89. The van der Waals surface area contributed by atoms with Crippen LogP contribution in [0.15, 0.2) is 42.6 Å². The maximum Gasteiger partial charge on any atom is 0.260 e. The largest absolute Gasteiger partial charge is 0.481 e. The summed E-state index contributed by atoms with van der Waals surface area (Å²) in [5.74, 6) is 1.64. The van der Waals surface area contributed by atoms with Crippen molar-refractivity contribution in [3.8, 4) is 5.75 Å². The maximum absolute atomic E-state index is 12.7. The first-order valence-corrected chi connectivity index (χ1v) is 9.94. The number of rotatable bonds is 4. The molecule has 0 aliphatic carbocycles. The molecule has 3 aromatic heterocycles. The van der Waals surface area contributed by atoms with E-state index < -0.39 is 0 Å². The van der Waals surface area contributed by atoms with E-state index in [0.29, 0.717) is 17.8 Å². The molecule has 1 aliphatic rings. The number of aromatic nitrogens is 5. The van der Waals surface area contributed by atoms with E-state index in [1.807, 2.05) is 51.9 Å². The predicted molar refractivity (Wildman–Crippen MR) is 104 cm³/mol. The molecule has 142 valence electrons. The van der Waals surface area contributed by atoms with Crippen LogP contribution in [0.4, 0.5) is 0 Å². The van der Waals surface area contributed by atoms with Crippen LogP contribution in [0.2, 0.25) is 0 Å². The number of piperidine rings is 1. The van der Waals surface area contributed by atoms with Crippen molar-refractivity contribution in [2.45, 2.75) is 18.8 Å². The van der Waals surface area contributed by atoms with E-state index in [9.17, 15) is 4.79 Å². The normalized spacial score (nSPS) is 17.3. The van der Waals surface area contributed by atoms with Crippen molar-refractivity contribution in [2.24, 2.45) is 0 Å². The van der Waals surface area contributed by atoms with E-state index in [1.54, 1.807) is 0 Å². The molecule has 0 unspecified atom stereocenters. The van der Waals surface area contributed by atoms with Gasteiger partial charge in [0.1, 0.15) is 22.6 Å². The second-order valence-corrected chi connectivity index (χ2v) is 7.37. The van der Waals surface area contributed by atoms with Gasteiger partial charge in [0.2, 0.25) is 0 Å². The second-order valence-electron chi connectivity index (χ2n) is 6.84. The number of pyridine rings is 1. The molecule has 0 spiro atoms. The Morgan fingerprint density at radius 3 is 3.11 bits per heavy atom. The van der Waals surface area contributed by atoms with Crippen LogP contribution >= 0.6 is 11.7 Å². The van der Waals surface area contributed by atoms with Gasteiger partial charge in [-0.1, -0.05) is 12.1 Å². The zero-order chi connectivity index (χ0) is 18.9. The van der Waals surface area contributed by atoms with E-state index in [4.69, 9.17) is 4.74 Å². The first-order chi connectivity index (χ1) is 13.8. The van der Waals surface area contributed by atoms with Crippen molar-refractivity contribution in [3.05, 3.63) is 48.4 Å². The Bertz CT molecular complexity index is 1140. The Balaban J connectivity index is 1.28. The summed E-state index contributed by atoms with van der Waals surface area (Å²) in [7, 11) is 0. The third kappa shape index (κ3) is 3.07. The monoisotopic (exact) mass is 394 g/mol. The quantitative estimate of drug-likeness (QED) is 0.529. The highest BCUT2D eigenvalue weighted by atomic mass is 32.1. The number of benzene rings is 1. The molecule has 1 amide bonds. The Labute approximate surface area is 165 Å². The summed E-state index contributed by atoms with van der Waals surface area (Å²) in [5.41, 5.74) is 2.31. The highest BCUT2D eigenvalue weighted by Crippen LogP contribution is 2.27. The molecule has 1 saturated heterocycles. The number of hydrogen-bond donors (Lipinski definition) is 0. The van der Waals surface area contributed by atoms with E-state index in [-0.39, 0.29) is 18.4 Å². The van der Waals surface area contributed by atoms with Gasteiger partial charge in [-0.05, 0) is 37.1 Å². The number of carbonyl (C=O) groups is 1. The molecule has 0 bridgehead atoms. The molecule has 1 fully saturated rings. The lowest BCUT2D eigenvalue weighted by Crippen LogP contribution is -2.42. The zero-order valence-corrected chi connectivity index (χ0v) is 15.9. The van der Waals surface area contributed by atoms with Crippen LogP contribution in [0, 0.1) is 0 Å². The number of hydrogen-bond acceptors (Lipinski definition) is 7. The van der Waals surface area contributed by atoms with Crippen molar-refractivity contribution in [1.29, 1.82) is 0 Å². The van der Waals surface area contributed by atoms with Crippen LogP contribution in [-0.2, 0) is 4.79 Å². The van der Waals surface area contributed by atoms with Gasteiger partial charge in [-0.25, -0.2) is 0 Å². The number of likely N-dealkylation sites (tertiary alicyclic amines) is 1. The Morgan fingerprint density at radius 2 is 2.14 bits per heavy atom. The SMILES string of the molecule is O=C(COc1cccc2nsnc12)N1CCC[C@H](c2nnc3ccccn23)C1. The molecule has 4 heterocycles. The van der Waals surface area contributed by atoms with Gasteiger partial charge in [0.25, 0.3) is 5.91 Å². The van der Waals surface area contributed by atoms with Gasteiger partial charge in [0.15, 0.2) is 12.3 Å². The van der Waals surface area contributed by atoms with Crippen LogP contribution in [0.3, 0.4) is 0 Å². The molecule has 5 rings (SSSR count). The van der Waals surface area contributed by atoms with Crippen molar-refractivity contribution in [2.75, 3.05) is 19.7 Å². The van der Waals surface area contributed by atoms with Crippen molar-refractivity contribution >= 4 is 34.3 Å². The molecule has 4 aromatic rings. The van der Waals surface area contributed by atoms with Crippen molar-refractivity contribution < 1.29 is 9.53 Å². The van der Waals surface area contributed by atoms with Crippen LogP contribution in [0.5, 0.6) is 5.75 Å². The van der Waals surface area contributed by atoms with Gasteiger partial charge in [0, 0.05) is 25.2 Å². The van der Waals surface area contributed by atoms with E-state index in [0.717, 1.165) is 48.1 Å². The standard InChI is InChI=1S/C19H18N6O2S/c26-17(12-27-15-7-3-6-14-18(15)23-28-22-14)24-9-4-5-13(11-24)19-21-20-16-8-1-2-10-25(16)19/h1-3,6-8,10,13H,4-5,9,11-12H2/t13-/m0/s1. The molecular formula is C19H18N6O2S. The number of carbonyl (C=O) groups excluding carboxylic acids is 1. The van der Waals surface area contributed by atoms with Gasteiger partial charge in [0.05, 0.1) is 11.7 Å². The molecule has 8 nitrogen and oxygen atoms in total. The lowest BCUT2D eigenvalue weighted by Gasteiger charge is -2.31. The first kappa shape index (κ1) is 17.1. The molecule has 0 N–H and O–H groups in total. The highest BCUT2D eigenvalue weighted by molar-refractivity contribution is 7.00. The lowest BCUT2D eigenvalue weighted by molar-refractivity contribution is -0.134. The molecule has 9 heteroatoms. The van der Waals surface area contributed by atoms with Crippen molar-refractivity contribution in [3.63, 3.8) is 0 Å². The summed E-state index contributed by atoms with van der Waals surface area (Å²) >= 11 is 1.14. The summed E-state index contributed by atoms with van der Waals surface area (Å²) in [5, 5.41) is 8.60. The smallest absolute Gasteiger partial charge is 0.260 e. The van der Waals surface area contributed by atoms with Gasteiger partial charge in [-0.3, -0.25) is 9.20 Å². The Kier molecular flexibility index (Phi) is 4.36. The van der Waals surface area contributed by atoms with Gasteiger partial charge < -0.3 is 9.64 Å². The topological polar surface area (TPSA) is 85.5 Å². The van der Waals surface area contributed by atoms with Crippen LogP contribution < -0.4 is 4.74 Å². The average molecular weight is 394 g/mol. The number of nitrogens with zero attached hydrogens (tertiary/aromatic N) is 6. The summed E-state index contributed by atoms with van der Waals surface area (Å²) in [4.78, 5) is 14.6. The lowest BCUT2D eigenvalue weighted by atomic mass is 9.97. The van der Waals surface area contributed by atoms with Crippen molar-refractivity contribution in [1.82, 2.24) is 28.2 Å². The van der Waals surface area contributed by atoms with Gasteiger partial charge in [-0.2, -0.15) is 8.75 Å². The Hall–Kier alpha value is -3.07. The molecule has 28 heavy (non-hydrogen) atoms. The average Bonchev–Trinajstić information content (AvgIpc) is 3.39. The fraction of sp³-hybridized carbons (Fsp3) is 0.316. The minimum Gasteiger partial charge on any atom is -0.481 e. The zero-order valence-electron chi connectivity index (χ0n) is 15.1. The van der Waals surface area contributed by atoms with Gasteiger partial charge in [-0.15, -0.1) is 10.2 Å². The maximum atomic E-state index is 12.7. The van der Waals surface area contributed by atoms with Crippen LogP contribution in [0.1, 0.15) is 24.6 Å². The number of amides is 1. The minimum absolute atomic E-state index is 0.00998. The van der Waals surface area contributed by atoms with E-state index in [1.165, 1.54) is 0 Å². The third-order valence-corrected chi connectivity index (χ3v) is 5.62. The molecule has 1 aliphatic heterocycles. The number of ether oxygens (including phenoxy) is 1. The molecule has 0 radical (unpaired) electrons. The fourth-order valence-corrected chi connectivity index (χ4v) is 4.22. The number of fused-ring (bicyclic) bond motifs is 2. The summed E-state index contributed by atoms with van der Waals surface area (Å²) in [6.45, 7) is 1.35. The molecule has 0 saturated carbocycles. The van der Waals surface area contributed by atoms with Crippen LogP contribution in [-0.4, -0.2) is 53.8 Å². The fourth-order valence-electron chi connectivity index (χ4n) is 3.68. The summed E-state index contributed by atoms with van der Waals surface area (Å²) in [6, 6.07) is 11.4. The van der Waals surface area contributed by atoms with Crippen LogP contribution in [0.25, 0.3) is 16.7 Å². The molecule has 1 atom stereocenters. The summed E-state index contributed by atoms with van der Waals surface area (Å²) < 4.78 is 16.2. The molecule has 1 aromatic carbocycles.